The Labute approximate surface area is 154 Å². The van der Waals surface area contributed by atoms with E-state index in [0.717, 1.165) is 37.5 Å². The van der Waals surface area contributed by atoms with Crippen LogP contribution >= 0.6 is 0 Å². The summed E-state index contributed by atoms with van der Waals surface area (Å²) < 4.78 is 5.65. The topological polar surface area (TPSA) is 44.8 Å². The Kier molecular flexibility index (Phi) is 4.95. The van der Waals surface area contributed by atoms with Crippen LogP contribution in [0.4, 0.5) is 11.4 Å². The molecule has 0 aromatic heterocycles. The standard InChI is InChI=1S/C21H25N3O2/c25-21(16-24-14-15-26-20-10-4-3-9-19(20)24)22-11-13-23-12-5-7-17-6-1-2-8-18(17)23/h1-4,6,8-10H,5,7,11-16H2,(H,22,25). The highest BCUT2D eigenvalue weighted by Gasteiger charge is 2.20. The van der Waals surface area contributed by atoms with E-state index >= 15 is 0 Å². The van der Waals surface area contributed by atoms with Crippen LogP contribution in [-0.2, 0) is 11.2 Å². The molecular formula is C21H25N3O2. The number of benzene rings is 2. The first-order valence-electron chi connectivity index (χ1n) is 9.37. The van der Waals surface area contributed by atoms with E-state index in [9.17, 15) is 4.79 Å². The van der Waals surface area contributed by atoms with Crippen LogP contribution < -0.4 is 19.9 Å². The molecule has 0 fully saturated rings. The van der Waals surface area contributed by atoms with Crippen molar-refractivity contribution in [3.8, 4) is 5.75 Å². The van der Waals surface area contributed by atoms with E-state index in [0.29, 0.717) is 19.7 Å². The van der Waals surface area contributed by atoms with Crippen molar-refractivity contribution in [2.24, 2.45) is 0 Å². The van der Waals surface area contributed by atoms with E-state index in [4.69, 9.17) is 4.74 Å². The molecule has 136 valence electrons. The van der Waals surface area contributed by atoms with Gasteiger partial charge < -0.3 is 19.9 Å². The Morgan fingerprint density at radius 2 is 1.81 bits per heavy atom. The van der Waals surface area contributed by atoms with Gasteiger partial charge in [-0.25, -0.2) is 0 Å². The Morgan fingerprint density at radius 1 is 1.00 bits per heavy atom. The molecule has 0 spiro atoms. The number of anilines is 2. The molecule has 26 heavy (non-hydrogen) atoms. The SMILES string of the molecule is O=C(CN1CCOc2ccccc21)NCCN1CCCc2ccccc21. The summed E-state index contributed by atoms with van der Waals surface area (Å²) in [5, 5.41) is 3.08. The van der Waals surface area contributed by atoms with Crippen molar-refractivity contribution >= 4 is 17.3 Å². The second-order valence-electron chi connectivity index (χ2n) is 6.81. The molecule has 2 heterocycles. The van der Waals surface area contributed by atoms with E-state index in [1.807, 2.05) is 24.3 Å². The average Bonchev–Trinajstić information content (AvgIpc) is 2.68. The monoisotopic (exact) mass is 351 g/mol. The highest BCUT2D eigenvalue weighted by Crippen LogP contribution is 2.30. The number of fused-ring (bicyclic) bond motifs is 2. The van der Waals surface area contributed by atoms with E-state index < -0.39 is 0 Å². The van der Waals surface area contributed by atoms with E-state index in [2.05, 4.69) is 39.4 Å². The molecule has 2 aromatic carbocycles. The fraction of sp³-hybridized carbons (Fsp3) is 0.381. The number of hydrogen-bond donors (Lipinski definition) is 1. The third-order valence-electron chi connectivity index (χ3n) is 5.07. The fourth-order valence-corrected chi connectivity index (χ4v) is 3.79. The van der Waals surface area contributed by atoms with Gasteiger partial charge in [-0.2, -0.15) is 0 Å². The highest BCUT2D eigenvalue weighted by molar-refractivity contribution is 5.82. The van der Waals surface area contributed by atoms with Crippen molar-refractivity contribution in [3.63, 3.8) is 0 Å². The Hall–Kier alpha value is -2.69. The van der Waals surface area contributed by atoms with Gasteiger partial charge in [-0.1, -0.05) is 30.3 Å². The van der Waals surface area contributed by atoms with E-state index in [-0.39, 0.29) is 5.91 Å². The predicted octanol–water partition coefficient (Wildman–Crippen LogP) is 2.45. The van der Waals surface area contributed by atoms with Gasteiger partial charge in [0.1, 0.15) is 12.4 Å². The number of hydrogen-bond acceptors (Lipinski definition) is 4. The Morgan fingerprint density at radius 3 is 2.73 bits per heavy atom. The molecular weight excluding hydrogens is 326 g/mol. The number of nitrogens with one attached hydrogen (secondary N) is 1. The minimum atomic E-state index is 0.0620. The molecule has 0 atom stereocenters. The molecule has 2 aliphatic rings. The first-order chi connectivity index (χ1) is 12.8. The second kappa shape index (κ2) is 7.68. The van der Waals surface area contributed by atoms with E-state index in [1.165, 1.54) is 17.7 Å². The minimum absolute atomic E-state index is 0.0620. The van der Waals surface area contributed by atoms with Crippen molar-refractivity contribution in [1.29, 1.82) is 0 Å². The molecule has 0 saturated heterocycles. The molecule has 0 radical (unpaired) electrons. The van der Waals surface area contributed by atoms with Crippen molar-refractivity contribution in [2.45, 2.75) is 12.8 Å². The lowest BCUT2D eigenvalue weighted by Gasteiger charge is -2.32. The zero-order valence-electron chi connectivity index (χ0n) is 15.0. The summed E-state index contributed by atoms with van der Waals surface area (Å²) in [4.78, 5) is 16.9. The zero-order chi connectivity index (χ0) is 17.8. The van der Waals surface area contributed by atoms with Crippen LogP contribution in [0, 0.1) is 0 Å². The quantitative estimate of drug-likeness (QED) is 0.899. The summed E-state index contributed by atoms with van der Waals surface area (Å²) >= 11 is 0. The predicted molar refractivity (Wildman–Crippen MR) is 104 cm³/mol. The van der Waals surface area contributed by atoms with Gasteiger partial charge in [-0.3, -0.25) is 4.79 Å². The number of amides is 1. The Balaban J connectivity index is 1.29. The normalized spacial score (nSPS) is 15.7. The van der Waals surface area contributed by atoms with Crippen LogP contribution in [0.1, 0.15) is 12.0 Å². The Bertz CT molecular complexity index is 777. The average molecular weight is 351 g/mol. The van der Waals surface area contributed by atoms with Gasteiger partial charge >= 0.3 is 0 Å². The molecule has 0 unspecified atom stereocenters. The van der Waals surface area contributed by atoms with Crippen LogP contribution in [0.3, 0.4) is 0 Å². The lowest BCUT2D eigenvalue weighted by Crippen LogP contribution is -2.43. The van der Waals surface area contributed by atoms with Crippen molar-refractivity contribution in [1.82, 2.24) is 5.32 Å². The van der Waals surface area contributed by atoms with Gasteiger partial charge in [-0.15, -0.1) is 0 Å². The van der Waals surface area contributed by atoms with Crippen LogP contribution in [0.25, 0.3) is 0 Å². The summed E-state index contributed by atoms with van der Waals surface area (Å²) in [7, 11) is 0. The molecule has 2 aromatic rings. The second-order valence-corrected chi connectivity index (χ2v) is 6.81. The molecule has 0 saturated carbocycles. The summed E-state index contributed by atoms with van der Waals surface area (Å²) in [5.41, 5.74) is 3.73. The first kappa shape index (κ1) is 16.8. The summed E-state index contributed by atoms with van der Waals surface area (Å²) in [6, 6.07) is 16.5. The van der Waals surface area contributed by atoms with Gasteiger partial charge in [0.15, 0.2) is 0 Å². The van der Waals surface area contributed by atoms with Crippen molar-refractivity contribution < 1.29 is 9.53 Å². The maximum atomic E-state index is 12.4. The number of rotatable bonds is 5. The lowest BCUT2D eigenvalue weighted by atomic mass is 10.0. The molecule has 1 N–H and O–H groups in total. The molecule has 0 bridgehead atoms. The van der Waals surface area contributed by atoms with Gasteiger partial charge in [0.2, 0.25) is 5.91 Å². The highest BCUT2D eigenvalue weighted by atomic mass is 16.5. The summed E-state index contributed by atoms with van der Waals surface area (Å²) in [6.07, 6.45) is 2.32. The summed E-state index contributed by atoms with van der Waals surface area (Å²) in [5.74, 6) is 0.920. The molecule has 1 amide bonds. The number of aryl methyl sites for hydroxylation is 1. The molecule has 0 aliphatic carbocycles. The van der Waals surface area contributed by atoms with E-state index in [1.54, 1.807) is 0 Å². The third kappa shape index (κ3) is 3.62. The van der Waals surface area contributed by atoms with Crippen LogP contribution in [0.15, 0.2) is 48.5 Å². The molecule has 2 aliphatic heterocycles. The maximum absolute atomic E-state index is 12.4. The first-order valence-corrected chi connectivity index (χ1v) is 9.37. The van der Waals surface area contributed by atoms with Crippen LogP contribution in [-0.4, -0.2) is 45.2 Å². The fourth-order valence-electron chi connectivity index (χ4n) is 3.79. The number of para-hydroxylation sites is 3. The number of carbonyl (C=O) groups is 1. The largest absolute Gasteiger partial charge is 0.490 e. The molecule has 4 rings (SSSR count). The maximum Gasteiger partial charge on any atom is 0.239 e. The number of ether oxygens (including phenoxy) is 1. The minimum Gasteiger partial charge on any atom is -0.490 e. The van der Waals surface area contributed by atoms with Gasteiger partial charge in [0.25, 0.3) is 0 Å². The number of carbonyl (C=O) groups excluding carboxylic acids is 1. The van der Waals surface area contributed by atoms with Gasteiger partial charge in [-0.05, 0) is 36.6 Å². The lowest BCUT2D eigenvalue weighted by molar-refractivity contribution is -0.119. The zero-order valence-corrected chi connectivity index (χ0v) is 15.0. The van der Waals surface area contributed by atoms with Crippen LogP contribution in [0.5, 0.6) is 5.75 Å². The molecule has 5 heteroatoms. The molecule has 5 nitrogen and oxygen atoms in total. The van der Waals surface area contributed by atoms with Gasteiger partial charge in [0, 0.05) is 25.3 Å². The number of nitrogens with zero attached hydrogens (tertiary/aromatic N) is 2. The third-order valence-corrected chi connectivity index (χ3v) is 5.07. The summed E-state index contributed by atoms with van der Waals surface area (Å²) in [6.45, 7) is 4.31. The van der Waals surface area contributed by atoms with Crippen LogP contribution in [0.2, 0.25) is 0 Å². The van der Waals surface area contributed by atoms with Gasteiger partial charge in [0.05, 0.1) is 18.8 Å². The van der Waals surface area contributed by atoms with Crippen molar-refractivity contribution in [3.05, 3.63) is 54.1 Å². The van der Waals surface area contributed by atoms with Crippen molar-refractivity contribution in [2.75, 3.05) is 49.1 Å². The smallest absolute Gasteiger partial charge is 0.239 e.